The number of rotatable bonds is 6. The van der Waals surface area contributed by atoms with Crippen LogP contribution in [-0.4, -0.2) is 31.6 Å². The van der Waals surface area contributed by atoms with Gasteiger partial charge in [-0.1, -0.05) is 30.3 Å². The zero-order chi connectivity index (χ0) is 25.9. The van der Waals surface area contributed by atoms with Gasteiger partial charge in [0.1, 0.15) is 11.9 Å². The first kappa shape index (κ1) is 25.6. The van der Waals surface area contributed by atoms with Crippen molar-refractivity contribution in [2.75, 3.05) is 13.2 Å². The van der Waals surface area contributed by atoms with Crippen LogP contribution in [0, 0.1) is 3.57 Å². The Kier molecular flexibility index (Phi) is 7.85. The molecule has 0 radical (unpaired) electrons. The lowest BCUT2D eigenvalue weighted by atomic mass is 9.81. The van der Waals surface area contributed by atoms with Crippen LogP contribution < -0.4 is 14.2 Å². The third kappa shape index (κ3) is 5.55. The van der Waals surface area contributed by atoms with E-state index < -0.39 is 12.0 Å². The lowest BCUT2D eigenvalue weighted by Gasteiger charge is -2.35. The summed E-state index contributed by atoms with van der Waals surface area (Å²) in [6.07, 6.45) is 4.80. The van der Waals surface area contributed by atoms with Crippen molar-refractivity contribution in [2.24, 2.45) is 0 Å². The number of hydrogen-bond acceptors (Lipinski definition) is 6. The molecule has 0 spiro atoms. The monoisotopic (exact) mass is 626 g/mol. The summed E-state index contributed by atoms with van der Waals surface area (Å²) in [5.41, 5.74) is 2.30. The zero-order valence-electron chi connectivity index (χ0n) is 21.1. The molecule has 4 atom stereocenters. The maximum atomic E-state index is 14.2. The molecule has 0 aliphatic carbocycles. The summed E-state index contributed by atoms with van der Waals surface area (Å²) in [5.74, 6) is 1.18. The van der Waals surface area contributed by atoms with Crippen LogP contribution in [0.1, 0.15) is 72.0 Å². The van der Waals surface area contributed by atoms with Crippen molar-refractivity contribution in [1.82, 2.24) is 0 Å². The van der Waals surface area contributed by atoms with E-state index in [2.05, 4.69) is 22.6 Å². The minimum absolute atomic E-state index is 0.00382. The summed E-state index contributed by atoms with van der Waals surface area (Å²) in [6.45, 7) is 1.39. The summed E-state index contributed by atoms with van der Waals surface area (Å²) in [5, 5.41) is 0. The van der Waals surface area contributed by atoms with E-state index in [4.69, 9.17) is 23.7 Å². The molecule has 38 heavy (non-hydrogen) atoms. The van der Waals surface area contributed by atoms with Gasteiger partial charge in [-0.2, -0.15) is 0 Å². The van der Waals surface area contributed by atoms with Crippen LogP contribution in [-0.2, 0) is 9.47 Å². The number of carbonyl (C=O) groups is 1. The Morgan fingerprint density at radius 1 is 0.763 bits per heavy atom. The van der Waals surface area contributed by atoms with Crippen LogP contribution in [0.25, 0.3) is 0 Å². The quantitative estimate of drug-likeness (QED) is 0.270. The standard InChI is InChI=1S/C31H31IO6/c32-22-15-13-20(14-16-22)30-28(21-7-5-8-23(19-21)36-26-11-1-3-17-34-26)29(33)24-9-6-10-25(31(24)38-30)37-27-12-2-4-18-35-27/h5-10,13-16,19,26-28,30H,1-4,11-12,17-18H2. The molecule has 6 nitrogen and oxygen atoms in total. The van der Waals surface area contributed by atoms with Gasteiger partial charge in [-0.05, 0) is 95.8 Å². The number of hydrogen-bond donors (Lipinski definition) is 0. The van der Waals surface area contributed by atoms with E-state index in [0.29, 0.717) is 36.0 Å². The van der Waals surface area contributed by atoms with Crippen LogP contribution in [0.15, 0.2) is 66.7 Å². The van der Waals surface area contributed by atoms with E-state index in [1.54, 1.807) is 0 Å². The second-order valence-corrected chi connectivity index (χ2v) is 11.2. The fourth-order valence-electron chi connectivity index (χ4n) is 5.35. The smallest absolute Gasteiger partial charge is 0.200 e. The number of Topliss-reactive ketones (excluding diaryl/α,β-unsaturated/α-hetero) is 1. The lowest BCUT2D eigenvalue weighted by Crippen LogP contribution is -2.31. The van der Waals surface area contributed by atoms with E-state index in [0.717, 1.165) is 53.2 Å². The average Bonchev–Trinajstić information content (AvgIpc) is 2.95. The summed E-state index contributed by atoms with van der Waals surface area (Å²) in [6, 6.07) is 21.4. The Morgan fingerprint density at radius 2 is 1.47 bits per heavy atom. The molecule has 3 aliphatic rings. The SMILES string of the molecule is O=C1c2cccc(OC3CCCCO3)c2OC(c2ccc(I)cc2)C1c1cccc(OC2CCCCO2)c1. The third-order valence-corrected chi connectivity index (χ3v) is 8.01. The van der Waals surface area contributed by atoms with Crippen molar-refractivity contribution in [3.8, 4) is 17.2 Å². The Morgan fingerprint density at radius 3 is 2.18 bits per heavy atom. The molecule has 0 amide bonds. The Hall–Kier alpha value is -2.62. The van der Waals surface area contributed by atoms with Crippen molar-refractivity contribution in [1.29, 1.82) is 0 Å². The van der Waals surface area contributed by atoms with Gasteiger partial charge in [0, 0.05) is 16.4 Å². The molecule has 3 heterocycles. The molecule has 4 unspecified atom stereocenters. The third-order valence-electron chi connectivity index (χ3n) is 7.29. The minimum Gasteiger partial charge on any atom is -0.480 e. The van der Waals surface area contributed by atoms with Crippen LogP contribution in [0.3, 0.4) is 0 Å². The fourth-order valence-corrected chi connectivity index (χ4v) is 5.71. The molecule has 3 aliphatic heterocycles. The van der Waals surface area contributed by atoms with Crippen molar-refractivity contribution in [3.63, 3.8) is 0 Å². The normalized spacial score (nSPS) is 25.2. The van der Waals surface area contributed by atoms with Gasteiger partial charge >= 0.3 is 0 Å². The van der Waals surface area contributed by atoms with Gasteiger partial charge in [-0.15, -0.1) is 0 Å². The molecule has 3 aromatic carbocycles. The van der Waals surface area contributed by atoms with E-state index >= 15 is 0 Å². The van der Waals surface area contributed by atoms with Crippen LogP contribution in [0.5, 0.6) is 17.2 Å². The van der Waals surface area contributed by atoms with Gasteiger partial charge < -0.3 is 23.7 Å². The molecule has 0 N–H and O–H groups in total. The predicted octanol–water partition coefficient (Wildman–Crippen LogP) is 7.20. The van der Waals surface area contributed by atoms with Gasteiger partial charge in [-0.3, -0.25) is 4.79 Å². The molecule has 198 valence electrons. The largest absolute Gasteiger partial charge is 0.480 e. The number of fused-ring (bicyclic) bond motifs is 1. The number of ether oxygens (including phenoxy) is 5. The van der Waals surface area contributed by atoms with Crippen molar-refractivity contribution in [2.45, 2.75) is 63.1 Å². The van der Waals surface area contributed by atoms with E-state index in [-0.39, 0.29) is 18.4 Å². The van der Waals surface area contributed by atoms with Gasteiger partial charge in [0.25, 0.3) is 0 Å². The maximum Gasteiger partial charge on any atom is 0.200 e. The summed E-state index contributed by atoms with van der Waals surface area (Å²) >= 11 is 2.28. The molecule has 2 fully saturated rings. The van der Waals surface area contributed by atoms with Crippen LogP contribution in [0.2, 0.25) is 0 Å². The van der Waals surface area contributed by atoms with Gasteiger partial charge in [0.15, 0.2) is 29.9 Å². The average molecular weight is 626 g/mol. The van der Waals surface area contributed by atoms with Crippen molar-refractivity contribution >= 4 is 28.4 Å². The maximum absolute atomic E-state index is 14.2. The van der Waals surface area contributed by atoms with Gasteiger partial charge in [0.05, 0.1) is 24.7 Å². The Bertz CT molecular complexity index is 1260. The molecule has 0 bridgehead atoms. The molecule has 7 heteroatoms. The molecular weight excluding hydrogens is 595 g/mol. The topological polar surface area (TPSA) is 63.2 Å². The number of carbonyl (C=O) groups excluding carboxylic acids is 1. The molecular formula is C31H31IO6. The highest BCUT2D eigenvalue weighted by Crippen LogP contribution is 2.48. The molecule has 0 saturated carbocycles. The Labute approximate surface area is 236 Å². The van der Waals surface area contributed by atoms with E-state index in [1.165, 1.54) is 0 Å². The number of para-hydroxylation sites is 1. The van der Waals surface area contributed by atoms with E-state index in [1.807, 2.05) is 66.7 Å². The zero-order valence-corrected chi connectivity index (χ0v) is 23.3. The number of ketones is 1. The first-order chi connectivity index (χ1) is 18.7. The predicted molar refractivity (Wildman–Crippen MR) is 151 cm³/mol. The van der Waals surface area contributed by atoms with Crippen LogP contribution >= 0.6 is 22.6 Å². The number of halogens is 1. The van der Waals surface area contributed by atoms with Crippen LogP contribution in [0.4, 0.5) is 0 Å². The first-order valence-corrected chi connectivity index (χ1v) is 14.5. The van der Waals surface area contributed by atoms with Crippen molar-refractivity contribution in [3.05, 3.63) is 87.0 Å². The highest BCUT2D eigenvalue weighted by Gasteiger charge is 2.41. The second kappa shape index (κ2) is 11.6. The molecule has 0 aromatic heterocycles. The fraction of sp³-hybridized carbons (Fsp3) is 0.387. The summed E-state index contributed by atoms with van der Waals surface area (Å²) < 4.78 is 31.7. The van der Waals surface area contributed by atoms with E-state index in [9.17, 15) is 4.79 Å². The van der Waals surface area contributed by atoms with Crippen molar-refractivity contribution < 1.29 is 28.5 Å². The Balaban J connectivity index is 1.36. The highest BCUT2D eigenvalue weighted by molar-refractivity contribution is 14.1. The molecule has 6 rings (SSSR count). The molecule has 3 aromatic rings. The minimum atomic E-state index is -0.542. The summed E-state index contributed by atoms with van der Waals surface area (Å²) in [4.78, 5) is 14.2. The summed E-state index contributed by atoms with van der Waals surface area (Å²) in [7, 11) is 0. The highest BCUT2D eigenvalue weighted by atomic mass is 127. The second-order valence-electron chi connectivity index (χ2n) is 9.97. The van der Waals surface area contributed by atoms with Gasteiger partial charge in [-0.25, -0.2) is 0 Å². The number of benzene rings is 3. The first-order valence-electron chi connectivity index (χ1n) is 13.4. The lowest BCUT2D eigenvalue weighted by molar-refractivity contribution is -0.107. The van der Waals surface area contributed by atoms with Gasteiger partial charge in [0.2, 0.25) is 0 Å². The molecule has 2 saturated heterocycles.